The fourth-order valence-electron chi connectivity index (χ4n) is 2.79. The van der Waals surface area contributed by atoms with Crippen molar-refractivity contribution in [2.45, 2.75) is 71.4 Å². The van der Waals surface area contributed by atoms with Gasteiger partial charge in [-0.1, -0.05) is 26.7 Å². The van der Waals surface area contributed by atoms with Crippen molar-refractivity contribution in [2.24, 2.45) is 5.92 Å². The Morgan fingerprint density at radius 3 is 2.63 bits per heavy atom. The van der Waals surface area contributed by atoms with E-state index in [0.717, 1.165) is 38.5 Å². The van der Waals surface area contributed by atoms with Crippen molar-refractivity contribution in [3.8, 4) is 0 Å². The Hall–Kier alpha value is -0.120. The highest BCUT2D eigenvalue weighted by Gasteiger charge is 2.21. The van der Waals surface area contributed by atoms with Crippen molar-refractivity contribution in [1.29, 1.82) is 0 Å². The summed E-state index contributed by atoms with van der Waals surface area (Å²) >= 11 is 0. The fourth-order valence-corrected chi connectivity index (χ4v) is 2.79. The van der Waals surface area contributed by atoms with E-state index in [1.54, 1.807) is 0 Å². The molecule has 1 saturated heterocycles. The number of nitrogens with zero attached hydrogens (tertiary/aromatic N) is 1. The molecule has 3 heteroatoms. The van der Waals surface area contributed by atoms with Crippen LogP contribution in [-0.2, 0) is 4.74 Å². The average Bonchev–Trinajstić information content (AvgIpc) is 2.53. The number of likely N-dealkylation sites (tertiary alicyclic amines) is 1. The third-order valence-corrected chi connectivity index (χ3v) is 3.97. The lowest BCUT2D eigenvalue weighted by Gasteiger charge is -2.30. The van der Waals surface area contributed by atoms with Crippen molar-refractivity contribution < 1.29 is 9.84 Å². The SMILES string of the molecule is CC(C)CCOCCN1CCCCCC1CC(C)O. The van der Waals surface area contributed by atoms with E-state index in [9.17, 15) is 5.11 Å². The lowest BCUT2D eigenvalue weighted by atomic mass is 10.0. The molecule has 0 saturated carbocycles. The van der Waals surface area contributed by atoms with Gasteiger partial charge < -0.3 is 9.84 Å². The van der Waals surface area contributed by atoms with Crippen molar-refractivity contribution in [1.82, 2.24) is 4.90 Å². The Morgan fingerprint density at radius 2 is 1.95 bits per heavy atom. The molecule has 0 radical (unpaired) electrons. The van der Waals surface area contributed by atoms with Gasteiger partial charge in [0.2, 0.25) is 0 Å². The molecule has 2 unspecified atom stereocenters. The van der Waals surface area contributed by atoms with Gasteiger partial charge in [-0.15, -0.1) is 0 Å². The first-order valence-corrected chi connectivity index (χ1v) is 8.09. The molecule has 1 fully saturated rings. The third-order valence-electron chi connectivity index (χ3n) is 3.97. The van der Waals surface area contributed by atoms with E-state index in [0.29, 0.717) is 6.04 Å². The molecule has 0 aromatic carbocycles. The highest BCUT2D eigenvalue weighted by atomic mass is 16.5. The summed E-state index contributed by atoms with van der Waals surface area (Å²) < 4.78 is 5.74. The summed E-state index contributed by atoms with van der Waals surface area (Å²) in [6, 6.07) is 0.552. The molecule has 0 aromatic rings. The molecule has 19 heavy (non-hydrogen) atoms. The summed E-state index contributed by atoms with van der Waals surface area (Å²) in [4.78, 5) is 2.54. The van der Waals surface area contributed by atoms with Crippen LogP contribution in [0.3, 0.4) is 0 Å². The number of ether oxygens (including phenoxy) is 1. The second-order valence-electron chi connectivity index (χ2n) is 6.42. The van der Waals surface area contributed by atoms with Crippen molar-refractivity contribution in [3.05, 3.63) is 0 Å². The molecule has 0 aliphatic carbocycles. The van der Waals surface area contributed by atoms with Gasteiger partial charge in [0.05, 0.1) is 12.7 Å². The topological polar surface area (TPSA) is 32.7 Å². The minimum absolute atomic E-state index is 0.188. The summed E-state index contributed by atoms with van der Waals surface area (Å²) in [6.07, 6.45) is 7.04. The van der Waals surface area contributed by atoms with Crippen LogP contribution in [0.4, 0.5) is 0 Å². The van der Waals surface area contributed by atoms with Crippen molar-refractivity contribution in [2.75, 3.05) is 26.3 Å². The molecule has 3 nitrogen and oxygen atoms in total. The van der Waals surface area contributed by atoms with Gasteiger partial charge in [-0.3, -0.25) is 4.90 Å². The van der Waals surface area contributed by atoms with Gasteiger partial charge in [0.1, 0.15) is 0 Å². The second kappa shape index (κ2) is 9.73. The van der Waals surface area contributed by atoms with Crippen LogP contribution in [0.1, 0.15) is 59.3 Å². The first kappa shape index (κ1) is 16.9. The van der Waals surface area contributed by atoms with Crippen LogP contribution in [0.5, 0.6) is 0 Å². The van der Waals surface area contributed by atoms with Gasteiger partial charge in [-0.2, -0.15) is 0 Å². The summed E-state index contributed by atoms with van der Waals surface area (Å²) in [6.45, 7) is 10.3. The molecular formula is C16H33NO2. The molecule has 0 amide bonds. The average molecular weight is 271 g/mol. The first-order chi connectivity index (χ1) is 9.09. The van der Waals surface area contributed by atoms with Crippen LogP contribution in [0, 0.1) is 5.92 Å². The van der Waals surface area contributed by atoms with Crippen molar-refractivity contribution >= 4 is 0 Å². The Balaban J connectivity index is 2.25. The van der Waals surface area contributed by atoms with E-state index in [-0.39, 0.29) is 6.10 Å². The maximum absolute atomic E-state index is 9.63. The second-order valence-corrected chi connectivity index (χ2v) is 6.42. The molecule has 114 valence electrons. The minimum Gasteiger partial charge on any atom is -0.393 e. The Labute approximate surface area is 119 Å². The summed E-state index contributed by atoms with van der Waals surface area (Å²) in [7, 11) is 0. The number of aliphatic hydroxyl groups excluding tert-OH is 1. The monoisotopic (exact) mass is 271 g/mol. The van der Waals surface area contributed by atoms with Gasteiger partial charge in [0.25, 0.3) is 0 Å². The minimum atomic E-state index is -0.188. The normalized spacial score (nSPS) is 23.5. The van der Waals surface area contributed by atoms with Crippen LogP contribution in [-0.4, -0.2) is 48.5 Å². The first-order valence-electron chi connectivity index (χ1n) is 8.09. The van der Waals surface area contributed by atoms with Crippen LogP contribution in [0.15, 0.2) is 0 Å². The highest BCUT2D eigenvalue weighted by Crippen LogP contribution is 2.20. The molecule has 1 aliphatic rings. The zero-order chi connectivity index (χ0) is 14.1. The lowest BCUT2D eigenvalue weighted by molar-refractivity contribution is 0.0646. The Kier molecular flexibility index (Phi) is 8.67. The van der Waals surface area contributed by atoms with E-state index < -0.39 is 0 Å². The Morgan fingerprint density at radius 1 is 1.16 bits per heavy atom. The summed E-state index contributed by atoms with van der Waals surface area (Å²) in [5.74, 6) is 0.723. The van der Waals surface area contributed by atoms with Gasteiger partial charge in [-0.25, -0.2) is 0 Å². The molecule has 1 heterocycles. The molecule has 1 rings (SSSR count). The highest BCUT2D eigenvalue weighted by molar-refractivity contribution is 4.77. The van der Waals surface area contributed by atoms with E-state index in [1.807, 2.05) is 6.92 Å². The quantitative estimate of drug-likeness (QED) is 0.689. The number of rotatable bonds is 8. The van der Waals surface area contributed by atoms with E-state index in [1.165, 1.54) is 32.2 Å². The smallest absolute Gasteiger partial charge is 0.0593 e. The summed E-state index contributed by atoms with van der Waals surface area (Å²) in [5.41, 5.74) is 0. The van der Waals surface area contributed by atoms with Gasteiger partial charge >= 0.3 is 0 Å². The van der Waals surface area contributed by atoms with Crippen LogP contribution in [0.25, 0.3) is 0 Å². The molecule has 2 atom stereocenters. The zero-order valence-electron chi connectivity index (χ0n) is 13.1. The lowest BCUT2D eigenvalue weighted by Crippen LogP contribution is -2.39. The molecular weight excluding hydrogens is 238 g/mol. The van der Waals surface area contributed by atoms with Crippen LogP contribution in [0.2, 0.25) is 0 Å². The van der Waals surface area contributed by atoms with E-state index >= 15 is 0 Å². The fraction of sp³-hybridized carbons (Fsp3) is 1.00. The van der Waals surface area contributed by atoms with Gasteiger partial charge in [0, 0.05) is 19.2 Å². The third kappa shape index (κ3) is 7.91. The largest absolute Gasteiger partial charge is 0.393 e. The maximum atomic E-state index is 9.63. The predicted molar refractivity (Wildman–Crippen MR) is 80.4 cm³/mol. The predicted octanol–water partition coefficient (Wildman–Crippen LogP) is 3.06. The zero-order valence-corrected chi connectivity index (χ0v) is 13.1. The summed E-state index contributed by atoms with van der Waals surface area (Å²) in [5, 5.41) is 9.63. The Bertz CT molecular complexity index is 219. The van der Waals surface area contributed by atoms with Crippen LogP contribution >= 0.6 is 0 Å². The molecule has 1 N–H and O–H groups in total. The van der Waals surface area contributed by atoms with Gasteiger partial charge in [-0.05, 0) is 45.1 Å². The van der Waals surface area contributed by atoms with Gasteiger partial charge in [0.15, 0.2) is 0 Å². The maximum Gasteiger partial charge on any atom is 0.0593 e. The van der Waals surface area contributed by atoms with Crippen LogP contribution < -0.4 is 0 Å². The van der Waals surface area contributed by atoms with E-state index in [4.69, 9.17) is 4.74 Å². The van der Waals surface area contributed by atoms with E-state index in [2.05, 4.69) is 18.7 Å². The number of hydrogen-bond acceptors (Lipinski definition) is 3. The molecule has 0 spiro atoms. The number of hydrogen-bond donors (Lipinski definition) is 1. The molecule has 0 aromatic heterocycles. The van der Waals surface area contributed by atoms with Crippen molar-refractivity contribution in [3.63, 3.8) is 0 Å². The standard InChI is InChI=1S/C16H33NO2/c1-14(2)8-11-19-12-10-17-9-6-4-5-7-16(17)13-15(3)18/h14-16,18H,4-13H2,1-3H3. The molecule has 1 aliphatic heterocycles. The number of aliphatic hydroxyl groups is 1. The molecule has 0 bridgehead atoms.